The van der Waals surface area contributed by atoms with Crippen LogP contribution in [0.25, 0.3) is 5.65 Å². The highest BCUT2D eigenvalue weighted by Crippen LogP contribution is 2.14. The van der Waals surface area contributed by atoms with Crippen molar-refractivity contribution in [3.63, 3.8) is 0 Å². The normalized spacial score (nSPS) is 12.6. The lowest BCUT2D eigenvalue weighted by molar-refractivity contribution is 0.193. The minimum Gasteiger partial charge on any atom is -0.336 e. The smallest absolute Gasteiger partial charge is 0.317 e. The van der Waals surface area contributed by atoms with Crippen LogP contribution >= 0.6 is 11.6 Å². The van der Waals surface area contributed by atoms with Gasteiger partial charge in [-0.15, -0.1) is 0 Å². The van der Waals surface area contributed by atoms with Crippen LogP contribution in [0.1, 0.15) is 26.5 Å². The first-order valence-corrected chi connectivity index (χ1v) is 8.68. The van der Waals surface area contributed by atoms with Gasteiger partial charge >= 0.3 is 6.03 Å². The van der Waals surface area contributed by atoms with Crippen molar-refractivity contribution in [1.29, 1.82) is 0 Å². The van der Waals surface area contributed by atoms with E-state index >= 15 is 0 Å². The topological polar surface area (TPSA) is 52.9 Å². The Hall–Kier alpha value is -1.79. The van der Waals surface area contributed by atoms with Gasteiger partial charge in [-0.25, -0.2) is 9.78 Å². The molecule has 2 aromatic rings. The molecule has 2 rings (SSSR count). The molecule has 0 saturated carbocycles. The van der Waals surface area contributed by atoms with E-state index in [-0.39, 0.29) is 6.03 Å². The number of halogens is 1. The lowest BCUT2D eigenvalue weighted by Gasteiger charge is -2.27. The summed E-state index contributed by atoms with van der Waals surface area (Å²) in [7, 11) is 1.78. The van der Waals surface area contributed by atoms with Gasteiger partial charge < -0.3 is 14.6 Å². The molecule has 6 nitrogen and oxygen atoms in total. The molecule has 0 radical (unpaired) electrons. The van der Waals surface area contributed by atoms with Gasteiger partial charge in [0.15, 0.2) is 0 Å². The molecular formula is C17H26ClN5O. The summed E-state index contributed by atoms with van der Waals surface area (Å²) in [6.45, 7) is 9.43. The third-order valence-electron chi connectivity index (χ3n) is 4.28. The first-order valence-electron chi connectivity index (χ1n) is 8.30. The van der Waals surface area contributed by atoms with Crippen LogP contribution in [0.4, 0.5) is 4.79 Å². The van der Waals surface area contributed by atoms with E-state index in [1.165, 1.54) is 0 Å². The van der Waals surface area contributed by atoms with Crippen LogP contribution in [0.5, 0.6) is 0 Å². The Morgan fingerprint density at radius 1 is 1.38 bits per heavy atom. The minimum absolute atomic E-state index is 0.0917. The van der Waals surface area contributed by atoms with Gasteiger partial charge in [-0.2, -0.15) is 0 Å². The number of urea groups is 1. The van der Waals surface area contributed by atoms with E-state index in [9.17, 15) is 4.79 Å². The molecule has 0 aliphatic carbocycles. The minimum atomic E-state index is -0.0917. The Morgan fingerprint density at radius 3 is 2.75 bits per heavy atom. The second-order valence-electron chi connectivity index (χ2n) is 5.94. The molecule has 132 valence electrons. The number of nitrogens with zero attached hydrogens (tertiary/aromatic N) is 4. The third-order valence-corrected chi connectivity index (χ3v) is 4.50. The maximum absolute atomic E-state index is 12.3. The van der Waals surface area contributed by atoms with Crippen molar-refractivity contribution < 1.29 is 4.79 Å². The number of rotatable bonds is 7. The van der Waals surface area contributed by atoms with Crippen LogP contribution in [0.15, 0.2) is 24.5 Å². The van der Waals surface area contributed by atoms with Crippen LogP contribution in [-0.4, -0.2) is 57.9 Å². The molecule has 0 saturated heterocycles. The quantitative estimate of drug-likeness (QED) is 0.834. The molecule has 0 aromatic carbocycles. The van der Waals surface area contributed by atoms with Gasteiger partial charge in [0.1, 0.15) is 5.65 Å². The molecule has 24 heavy (non-hydrogen) atoms. The zero-order valence-corrected chi connectivity index (χ0v) is 15.5. The SMILES string of the molecule is CCN(CC)[C@H](C)CNC(=O)N(C)Cc1cnc2ccc(Cl)cn12. The monoisotopic (exact) mass is 351 g/mol. The number of carbonyl (C=O) groups is 1. The molecule has 7 heteroatoms. The maximum Gasteiger partial charge on any atom is 0.317 e. The molecule has 0 unspecified atom stereocenters. The molecule has 2 aromatic heterocycles. The Bertz CT molecular complexity index is 683. The van der Waals surface area contributed by atoms with E-state index in [4.69, 9.17) is 11.6 Å². The number of likely N-dealkylation sites (N-methyl/N-ethyl adjacent to an activating group) is 1. The second-order valence-corrected chi connectivity index (χ2v) is 6.37. The van der Waals surface area contributed by atoms with Gasteiger partial charge in [-0.05, 0) is 32.1 Å². The van der Waals surface area contributed by atoms with Crippen molar-refractivity contribution in [3.8, 4) is 0 Å². The number of aromatic nitrogens is 2. The second kappa shape index (κ2) is 8.35. The first kappa shape index (κ1) is 18.5. The number of imidazole rings is 1. The van der Waals surface area contributed by atoms with Crippen molar-refractivity contribution in [2.75, 3.05) is 26.7 Å². The Kier molecular flexibility index (Phi) is 6.45. The number of nitrogens with one attached hydrogen (secondary N) is 1. The molecule has 2 amide bonds. The van der Waals surface area contributed by atoms with Crippen LogP contribution in [0.3, 0.4) is 0 Å². The van der Waals surface area contributed by atoms with Crippen LogP contribution in [0.2, 0.25) is 5.02 Å². The Balaban J connectivity index is 1.94. The van der Waals surface area contributed by atoms with Gasteiger partial charge in [0.05, 0.1) is 23.5 Å². The summed E-state index contributed by atoms with van der Waals surface area (Å²) in [6.07, 6.45) is 3.58. The van der Waals surface area contributed by atoms with Crippen LogP contribution in [-0.2, 0) is 6.54 Å². The third kappa shape index (κ3) is 4.39. The Morgan fingerprint density at radius 2 is 2.08 bits per heavy atom. The van der Waals surface area contributed by atoms with Crippen LogP contribution in [0, 0.1) is 0 Å². The maximum atomic E-state index is 12.3. The number of hydrogen-bond acceptors (Lipinski definition) is 3. The summed E-state index contributed by atoms with van der Waals surface area (Å²) in [5.41, 5.74) is 1.74. The molecular weight excluding hydrogens is 326 g/mol. The zero-order valence-electron chi connectivity index (χ0n) is 14.8. The average molecular weight is 352 g/mol. The van der Waals surface area contributed by atoms with Crippen molar-refractivity contribution in [2.24, 2.45) is 0 Å². The van der Waals surface area contributed by atoms with E-state index in [2.05, 4.69) is 36.0 Å². The molecule has 0 bridgehead atoms. The molecule has 0 aliphatic rings. The predicted molar refractivity (Wildman–Crippen MR) is 97.5 cm³/mol. The van der Waals surface area contributed by atoms with Crippen molar-refractivity contribution >= 4 is 23.3 Å². The van der Waals surface area contributed by atoms with E-state index in [0.29, 0.717) is 24.2 Å². The molecule has 0 fully saturated rings. The van der Waals surface area contributed by atoms with Crippen molar-refractivity contribution in [1.82, 2.24) is 24.5 Å². The van der Waals surface area contributed by atoms with Gasteiger partial charge in [-0.1, -0.05) is 25.4 Å². The summed E-state index contributed by atoms with van der Waals surface area (Å²) in [4.78, 5) is 20.6. The summed E-state index contributed by atoms with van der Waals surface area (Å²) in [5, 5.41) is 3.63. The fourth-order valence-electron chi connectivity index (χ4n) is 2.78. The predicted octanol–water partition coefficient (Wildman–Crippen LogP) is 2.86. The standard InChI is InChI=1S/C17H26ClN5O/c1-5-22(6-2)13(3)9-20-17(24)21(4)12-15-10-19-16-8-7-14(18)11-23(15)16/h7-8,10-11,13H,5-6,9,12H2,1-4H3,(H,20,24)/t13-/m1/s1. The van der Waals surface area contributed by atoms with Gasteiger partial charge in [-0.3, -0.25) is 4.90 Å². The lowest BCUT2D eigenvalue weighted by Crippen LogP contribution is -2.45. The summed E-state index contributed by atoms with van der Waals surface area (Å²) < 4.78 is 1.91. The van der Waals surface area contributed by atoms with E-state index in [1.54, 1.807) is 24.2 Å². The lowest BCUT2D eigenvalue weighted by atomic mass is 10.3. The van der Waals surface area contributed by atoms with Gasteiger partial charge in [0, 0.05) is 25.8 Å². The number of amides is 2. The summed E-state index contributed by atoms with van der Waals surface area (Å²) >= 11 is 6.04. The molecule has 0 spiro atoms. The number of fused-ring (bicyclic) bond motifs is 1. The highest BCUT2D eigenvalue weighted by molar-refractivity contribution is 6.30. The summed E-state index contributed by atoms with van der Waals surface area (Å²) in [6, 6.07) is 3.88. The van der Waals surface area contributed by atoms with Gasteiger partial charge in [0.25, 0.3) is 0 Å². The highest BCUT2D eigenvalue weighted by Gasteiger charge is 2.15. The number of pyridine rings is 1. The molecule has 1 atom stereocenters. The summed E-state index contributed by atoms with van der Waals surface area (Å²) in [5.74, 6) is 0. The van der Waals surface area contributed by atoms with E-state index in [0.717, 1.165) is 24.4 Å². The zero-order chi connectivity index (χ0) is 17.7. The number of hydrogen-bond donors (Lipinski definition) is 1. The van der Waals surface area contributed by atoms with Crippen LogP contribution < -0.4 is 5.32 Å². The fraction of sp³-hybridized carbons (Fsp3) is 0.529. The van der Waals surface area contributed by atoms with E-state index < -0.39 is 0 Å². The average Bonchev–Trinajstić information content (AvgIpc) is 2.95. The van der Waals surface area contributed by atoms with Gasteiger partial charge in [0.2, 0.25) is 0 Å². The molecule has 1 N–H and O–H groups in total. The largest absolute Gasteiger partial charge is 0.336 e. The van der Waals surface area contributed by atoms with Crippen molar-refractivity contribution in [2.45, 2.75) is 33.4 Å². The number of carbonyl (C=O) groups excluding carboxylic acids is 1. The van der Waals surface area contributed by atoms with E-state index in [1.807, 2.05) is 16.7 Å². The Labute approximate surface area is 148 Å². The molecule has 2 heterocycles. The highest BCUT2D eigenvalue weighted by atomic mass is 35.5. The molecule has 0 aliphatic heterocycles. The van der Waals surface area contributed by atoms with Crippen molar-refractivity contribution in [3.05, 3.63) is 35.2 Å². The first-order chi connectivity index (χ1) is 11.5. The fourth-order valence-corrected chi connectivity index (χ4v) is 2.94.